The van der Waals surface area contributed by atoms with E-state index in [0.717, 1.165) is 40.9 Å². The summed E-state index contributed by atoms with van der Waals surface area (Å²) in [7, 11) is 0. The molecule has 0 fully saturated rings. The Kier molecular flexibility index (Phi) is 6.21. The Labute approximate surface area is 173 Å². The fourth-order valence-electron chi connectivity index (χ4n) is 3.57. The van der Waals surface area contributed by atoms with Crippen molar-refractivity contribution in [2.45, 2.75) is 32.6 Å². The zero-order valence-electron chi connectivity index (χ0n) is 17.0. The zero-order valence-corrected chi connectivity index (χ0v) is 17.0. The number of hydrogen-bond acceptors (Lipinski definition) is 2. The molecule has 0 bridgehead atoms. The normalized spacial score (nSPS) is 10.9. The molecule has 4 aromatic rings. The number of para-hydroxylation sites is 1. The maximum atomic E-state index is 5.97. The van der Waals surface area contributed by atoms with E-state index >= 15 is 0 Å². The van der Waals surface area contributed by atoms with Crippen LogP contribution in [-0.4, -0.2) is 11.6 Å². The van der Waals surface area contributed by atoms with Crippen molar-refractivity contribution in [2.24, 2.45) is 0 Å². The van der Waals surface area contributed by atoms with Crippen molar-refractivity contribution >= 4 is 10.9 Å². The Bertz CT molecular complexity index is 1090. The van der Waals surface area contributed by atoms with Gasteiger partial charge in [0.2, 0.25) is 0 Å². The van der Waals surface area contributed by atoms with Gasteiger partial charge in [-0.25, -0.2) is 4.98 Å². The van der Waals surface area contributed by atoms with Gasteiger partial charge in [-0.2, -0.15) is 0 Å². The van der Waals surface area contributed by atoms with E-state index in [9.17, 15) is 0 Å². The quantitative estimate of drug-likeness (QED) is 0.294. The van der Waals surface area contributed by atoms with Gasteiger partial charge in [0, 0.05) is 10.9 Å². The second-order valence-corrected chi connectivity index (χ2v) is 7.41. The summed E-state index contributed by atoms with van der Waals surface area (Å²) in [6.45, 7) is 3.01. The molecule has 0 radical (unpaired) electrons. The summed E-state index contributed by atoms with van der Waals surface area (Å²) in [6, 6.07) is 29.4. The van der Waals surface area contributed by atoms with Gasteiger partial charge >= 0.3 is 0 Å². The van der Waals surface area contributed by atoms with E-state index in [0.29, 0.717) is 0 Å². The molecule has 29 heavy (non-hydrogen) atoms. The fraction of sp³-hybridized carbons (Fsp3) is 0.222. The van der Waals surface area contributed by atoms with Crippen molar-refractivity contribution in [2.75, 3.05) is 6.61 Å². The molecule has 2 nitrogen and oxygen atoms in total. The van der Waals surface area contributed by atoms with Gasteiger partial charge in [0.05, 0.1) is 17.8 Å². The third-order valence-corrected chi connectivity index (χ3v) is 5.19. The molecule has 0 atom stereocenters. The molecule has 0 saturated heterocycles. The predicted octanol–water partition coefficient (Wildman–Crippen LogP) is 7.53. The minimum Gasteiger partial charge on any atom is -0.494 e. The van der Waals surface area contributed by atoms with Gasteiger partial charge in [0.1, 0.15) is 5.75 Å². The van der Waals surface area contributed by atoms with E-state index in [-0.39, 0.29) is 0 Å². The van der Waals surface area contributed by atoms with Gasteiger partial charge in [-0.1, -0.05) is 80.8 Å². The first-order valence-electron chi connectivity index (χ1n) is 10.5. The molecule has 0 unspecified atom stereocenters. The third-order valence-electron chi connectivity index (χ3n) is 5.19. The van der Waals surface area contributed by atoms with Crippen molar-refractivity contribution in [3.8, 4) is 28.1 Å². The van der Waals surface area contributed by atoms with Crippen LogP contribution in [0.4, 0.5) is 0 Å². The number of benzene rings is 3. The van der Waals surface area contributed by atoms with Gasteiger partial charge in [0.15, 0.2) is 0 Å². The van der Waals surface area contributed by atoms with E-state index in [2.05, 4.69) is 73.7 Å². The molecule has 0 aliphatic heterocycles. The average molecular weight is 382 g/mol. The number of ether oxygens (including phenoxy) is 1. The van der Waals surface area contributed by atoms with Crippen LogP contribution in [-0.2, 0) is 0 Å². The Hall–Kier alpha value is -3.13. The van der Waals surface area contributed by atoms with Crippen LogP contribution in [0.15, 0.2) is 84.9 Å². The molecule has 1 heterocycles. The largest absolute Gasteiger partial charge is 0.494 e. The highest BCUT2D eigenvalue weighted by Gasteiger charge is 2.05. The number of fused-ring (bicyclic) bond motifs is 1. The van der Waals surface area contributed by atoms with Crippen LogP contribution in [0.5, 0.6) is 5.75 Å². The second kappa shape index (κ2) is 9.38. The van der Waals surface area contributed by atoms with E-state index < -0.39 is 0 Å². The summed E-state index contributed by atoms with van der Waals surface area (Å²) < 4.78 is 5.97. The first-order valence-corrected chi connectivity index (χ1v) is 10.5. The standard InChI is InChI=1S/C27H27NO/c1-2-3-4-7-18-29-25-14-9-12-23(20-25)22-11-8-13-24(19-22)27-17-16-21-10-5-6-15-26(21)28-27/h5-6,8-17,19-20H,2-4,7,18H2,1H3. The topological polar surface area (TPSA) is 22.1 Å². The molecule has 0 N–H and O–H groups in total. The summed E-state index contributed by atoms with van der Waals surface area (Å²) >= 11 is 0. The smallest absolute Gasteiger partial charge is 0.119 e. The molecule has 2 heteroatoms. The summed E-state index contributed by atoms with van der Waals surface area (Å²) in [5.74, 6) is 0.938. The number of pyridine rings is 1. The van der Waals surface area contributed by atoms with Crippen LogP contribution in [0.25, 0.3) is 33.3 Å². The number of rotatable bonds is 8. The van der Waals surface area contributed by atoms with Crippen LogP contribution in [0.3, 0.4) is 0 Å². The maximum Gasteiger partial charge on any atom is 0.119 e. The molecular weight excluding hydrogens is 354 g/mol. The van der Waals surface area contributed by atoms with E-state index in [1.807, 2.05) is 18.2 Å². The summed E-state index contributed by atoms with van der Waals surface area (Å²) in [5.41, 5.74) is 5.48. The lowest BCUT2D eigenvalue weighted by Gasteiger charge is -2.10. The van der Waals surface area contributed by atoms with Gasteiger partial charge in [-0.05, 0) is 47.9 Å². The molecule has 4 rings (SSSR count). The van der Waals surface area contributed by atoms with Crippen molar-refractivity contribution in [1.29, 1.82) is 0 Å². The van der Waals surface area contributed by atoms with Gasteiger partial charge < -0.3 is 4.74 Å². The number of unbranched alkanes of at least 4 members (excludes halogenated alkanes) is 3. The molecular formula is C27H27NO. The van der Waals surface area contributed by atoms with Crippen LogP contribution in [0, 0.1) is 0 Å². The highest BCUT2D eigenvalue weighted by Crippen LogP contribution is 2.28. The molecule has 146 valence electrons. The number of nitrogens with zero attached hydrogens (tertiary/aromatic N) is 1. The minimum atomic E-state index is 0.782. The van der Waals surface area contributed by atoms with Crippen LogP contribution >= 0.6 is 0 Å². The number of aromatic nitrogens is 1. The highest BCUT2D eigenvalue weighted by atomic mass is 16.5. The minimum absolute atomic E-state index is 0.782. The van der Waals surface area contributed by atoms with Crippen molar-refractivity contribution < 1.29 is 4.74 Å². The Morgan fingerprint density at radius 1 is 0.690 bits per heavy atom. The maximum absolute atomic E-state index is 5.97. The summed E-state index contributed by atoms with van der Waals surface area (Å²) in [5, 5.41) is 1.16. The predicted molar refractivity (Wildman–Crippen MR) is 122 cm³/mol. The lowest BCUT2D eigenvalue weighted by molar-refractivity contribution is 0.305. The lowest BCUT2D eigenvalue weighted by Crippen LogP contribution is -1.97. The number of hydrogen-bond donors (Lipinski definition) is 0. The molecule has 0 amide bonds. The monoisotopic (exact) mass is 381 g/mol. The van der Waals surface area contributed by atoms with E-state index in [1.54, 1.807) is 0 Å². The molecule has 0 aliphatic rings. The van der Waals surface area contributed by atoms with Gasteiger partial charge in [-0.3, -0.25) is 0 Å². The SMILES string of the molecule is CCCCCCOc1cccc(-c2cccc(-c3ccc4ccccc4n3)c2)c1. The molecule has 3 aromatic carbocycles. The molecule has 0 spiro atoms. The lowest BCUT2D eigenvalue weighted by atomic mass is 10.0. The van der Waals surface area contributed by atoms with E-state index in [4.69, 9.17) is 9.72 Å². The highest BCUT2D eigenvalue weighted by molar-refractivity contribution is 5.82. The van der Waals surface area contributed by atoms with Crippen LogP contribution < -0.4 is 4.74 Å². The Morgan fingerprint density at radius 3 is 2.38 bits per heavy atom. The molecule has 0 aliphatic carbocycles. The second-order valence-electron chi connectivity index (χ2n) is 7.41. The Morgan fingerprint density at radius 2 is 1.48 bits per heavy atom. The zero-order chi connectivity index (χ0) is 19.9. The van der Waals surface area contributed by atoms with E-state index in [1.165, 1.54) is 30.4 Å². The first kappa shape index (κ1) is 19.2. The Balaban J connectivity index is 1.54. The van der Waals surface area contributed by atoms with Crippen molar-refractivity contribution in [3.63, 3.8) is 0 Å². The fourth-order valence-corrected chi connectivity index (χ4v) is 3.57. The molecule has 1 aromatic heterocycles. The van der Waals surface area contributed by atoms with Crippen LogP contribution in [0.2, 0.25) is 0 Å². The third kappa shape index (κ3) is 4.83. The first-order chi connectivity index (χ1) is 14.3. The van der Waals surface area contributed by atoms with Crippen molar-refractivity contribution in [3.05, 3.63) is 84.9 Å². The summed E-state index contributed by atoms with van der Waals surface area (Å²) in [6.07, 6.45) is 4.87. The van der Waals surface area contributed by atoms with Gasteiger partial charge in [0.25, 0.3) is 0 Å². The molecule has 0 saturated carbocycles. The average Bonchev–Trinajstić information content (AvgIpc) is 2.79. The van der Waals surface area contributed by atoms with Gasteiger partial charge in [-0.15, -0.1) is 0 Å². The van der Waals surface area contributed by atoms with Crippen LogP contribution in [0.1, 0.15) is 32.6 Å². The van der Waals surface area contributed by atoms with Crippen molar-refractivity contribution in [1.82, 2.24) is 4.98 Å². The summed E-state index contributed by atoms with van der Waals surface area (Å²) in [4.78, 5) is 4.84.